The monoisotopic (exact) mass is 284 g/mol. The average Bonchev–Trinajstić information content (AvgIpc) is 2.23. The first-order valence-electron chi connectivity index (χ1n) is 4.68. The van der Waals surface area contributed by atoms with E-state index in [1.807, 2.05) is 0 Å². The molecule has 1 rings (SSSR count). The predicted molar refractivity (Wildman–Crippen MR) is 59.8 cm³/mol. The summed E-state index contributed by atoms with van der Waals surface area (Å²) in [4.78, 5) is 3.76. The molecular formula is C10H9ClF4N2O. The van der Waals surface area contributed by atoms with Crippen molar-refractivity contribution in [2.75, 3.05) is 5.88 Å². The number of halogens is 5. The summed E-state index contributed by atoms with van der Waals surface area (Å²) in [7, 11) is 0. The van der Waals surface area contributed by atoms with Gasteiger partial charge in [0.15, 0.2) is 11.6 Å². The Labute approximate surface area is 105 Å². The van der Waals surface area contributed by atoms with Gasteiger partial charge in [-0.05, 0) is 18.6 Å². The third kappa shape index (κ3) is 4.06. The molecule has 0 radical (unpaired) electrons. The maximum Gasteiger partial charge on any atom is 0.573 e. The highest BCUT2D eigenvalue weighted by Crippen LogP contribution is 2.31. The summed E-state index contributed by atoms with van der Waals surface area (Å²) in [5.74, 6) is -2.13. The molecular weight excluding hydrogens is 276 g/mol. The van der Waals surface area contributed by atoms with Crippen LogP contribution in [0.2, 0.25) is 0 Å². The number of aryl methyl sites for hydroxylation is 1. The molecule has 0 unspecified atom stereocenters. The fourth-order valence-electron chi connectivity index (χ4n) is 1.15. The quantitative estimate of drug-likeness (QED) is 0.401. The van der Waals surface area contributed by atoms with E-state index in [2.05, 4.69) is 9.73 Å². The normalized spacial score (nSPS) is 12.7. The lowest BCUT2D eigenvalue weighted by Crippen LogP contribution is -2.18. The topological polar surface area (TPSA) is 47.6 Å². The Balaban J connectivity index is 3.12. The van der Waals surface area contributed by atoms with Crippen molar-refractivity contribution in [3.05, 3.63) is 23.5 Å². The van der Waals surface area contributed by atoms with Gasteiger partial charge in [0, 0.05) is 6.07 Å². The molecule has 0 saturated heterocycles. The molecule has 0 aliphatic carbocycles. The number of nitrogens with zero attached hydrogens (tertiary/aromatic N) is 1. The summed E-state index contributed by atoms with van der Waals surface area (Å²) in [6, 6.07) is 1.69. The molecule has 8 heteroatoms. The summed E-state index contributed by atoms with van der Waals surface area (Å²) in [5, 5.41) is 0. The maximum atomic E-state index is 13.3. The van der Waals surface area contributed by atoms with Crippen LogP contribution in [0.1, 0.15) is 5.56 Å². The standard InChI is InChI=1S/C10H9ClF4N2O/c1-5-2-8(18-10(13,14)15)6(12)3-7(5)17-9(16)4-11/h2-3H,4H2,1H3,(H2,16,17). The maximum absolute atomic E-state index is 13.3. The Bertz CT molecular complexity index is 474. The first-order valence-corrected chi connectivity index (χ1v) is 5.21. The smallest absolute Gasteiger partial charge is 0.403 e. The minimum atomic E-state index is -4.95. The van der Waals surface area contributed by atoms with Crippen molar-refractivity contribution in [1.29, 1.82) is 0 Å². The zero-order valence-corrected chi connectivity index (χ0v) is 9.94. The molecule has 0 atom stereocenters. The average molecular weight is 285 g/mol. The summed E-state index contributed by atoms with van der Waals surface area (Å²) in [6.07, 6.45) is -4.95. The Morgan fingerprint density at radius 1 is 1.44 bits per heavy atom. The van der Waals surface area contributed by atoms with E-state index in [9.17, 15) is 17.6 Å². The van der Waals surface area contributed by atoms with E-state index < -0.39 is 17.9 Å². The summed E-state index contributed by atoms with van der Waals surface area (Å²) in [5.41, 5.74) is 5.73. The van der Waals surface area contributed by atoms with Crippen LogP contribution < -0.4 is 10.5 Å². The van der Waals surface area contributed by atoms with Crippen LogP contribution in [0.5, 0.6) is 5.75 Å². The van der Waals surface area contributed by atoms with Gasteiger partial charge < -0.3 is 10.5 Å². The minimum absolute atomic E-state index is 0.0312. The molecule has 0 heterocycles. The van der Waals surface area contributed by atoms with Crippen LogP contribution in [0.3, 0.4) is 0 Å². The molecule has 0 saturated carbocycles. The number of alkyl halides is 4. The predicted octanol–water partition coefficient (Wildman–Crippen LogP) is 3.26. The van der Waals surface area contributed by atoms with Gasteiger partial charge in [0.2, 0.25) is 0 Å². The number of hydrogen-bond donors (Lipinski definition) is 1. The Hall–Kier alpha value is -1.50. The summed E-state index contributed by atoms with van der Waals surface area (Å²) >= 11 is 5.39. The highest BCUT2D eigenvalue weighted by molar-refractivity contribution is 6.28. The zero-order chi connectivity index (χ0) is 13.9. The van der Waals surface area contributed by atoms with Gasteiger partial charge in [0.25, 0.3) is 0 Å². The fraction of sp³-hybridized carbons (Fsp3) is 0.300. The Kier molecular flexibility index (Phi) is 4.39. The molecule has 0 aliphatic rings. The van der Waals surface area contributed by atoms with Crippen molar-refractivity contribution in [3.8, 4) is 5.75 Å². The number of rotatable bonds is 3. The molecule has 1 aromatic rings. The van der Waals surface area contributed by atoms with Gasteiger partial charge in [-0.15, -0.1) is 24.8 Å². The van der Waals surface area contributed by atoms with E-state index in [1.165, 1.54) is 6.92 Å². The van der Waals surface area contributed by atoms with E-state index in [0.29, 0.717) is 0 Å². The van der Waals surface area contributed by atoms with Crippen LogP contribution in [0.4, 0.5) is 23.2 Å². The molecule has 0 bridgehead atoms. The van der Waals surface area contributed by atoms with Crippen LogP contribution >= 0.6 is 11.6 Å². The van der Waals surface area contributed by atoms with E-state index in [0.717, 1.165) is 12.1 Å². The van der Waals surface area contributed by atoms with Crippen molar-refractivity contribution >= 4 is 23.1 Å². The van der Waals surface area contributed by atoms with E-state index in [-0.39, 0.29) is 23.0 Å². The van der Waals surface area contributed by atoms with Gasteiger partial charge in [-0.3, -0.25) is 0 Å². The lowest BCUT2D eigenvalue weighted by Gasteiger charge is -2.11. The molecule has 0 aromatic heterocycles. The third-order valence-electron chi connectivity index (χ3n) is 1.88. The third-order valence-corrected chi connectivity index (χ3v) is 2.15. The van der Waals surface area contributed by atoms with Crippen LogP contribution in [0.25, 0.3) is 0 Å². The van der Waals surface area contributed by atoms with Crippen LogP contribution in [-0.2, 0) is 0 Å². The molecule has 18 heavy (non-hydrogen) atoms. The van der Waals surface area contributed by atoms with E-state index >= 15 is 0 Å². The lowest BCUT2D eigenvalue weighted by molar-refractivity contribution is -0.275. The molecule has 0 spiro atoms. The van der Waals surface area contributed by atoms with Crippen LogP contribution in [0.15, 0.2) is 17.1 Å². The zero-order valence-electron chi connectivity index (χ0n) is 9.18. The van der Waals surface area contributed by atoms with Crippen molar-refractivity contribution in [2.24, 2.45) is 10.7 Å². The van der Waals surface area contributed by atoms with Gasteiger partial charge in [-0.1, -0.05) is 0 Å². The Morgan fingerprint density at radius 3 is 2.56 bits per heavy atom. The van der Waals surface area contributed by atoms with Gasteiger partial charge >= 0.3 is 6.36 Å². The minimum Gasteiger partial charge on any atom is -0.403 e. The molecule has 0 amide bonds. The summed E-state index contributed by atoms with van der Waals surface area (Å²) in [6.45, 7) is 1.45. The molecule has 0 fully saturated rings. The first kappa shape index (κ1) is 14.6. The summed E-state index contributed by atoms with van der Waals surface area (Å²) < 4.78 is 52.8. The molecule has 100 valence electrons. The molecule has 2 N–H and O–H groups in total. The van der Waals surface area contributed by atoms with Crippen LogP contribution in [-0.4, -0.2) is 18.1 Å². The number of hydrogen-bond acceptors (Lipinski definition) is 2. The lowest BCUT2D eigenvalue weighted by atomic mass is 10.2. The highest BCUT2D eigenvalue weighted by atomic mass is 35.5. The van der Waals surface area contributed by atoms with Gasteiger partial charge in [-0.25, -0.2) is 9.38 Å². The Morgan fingerprint density at radius 2 is 2.06 bits per heavy atom. The van der Waals surface area contributed by atoms with Gasteiger partial charge in [-0.2, -0.15) is 0 Å². The largest absolute Gasteiger partial charge is 0.573 e. The van der Waals surface area contributed by atoms with Gasteiger partial charge in [0.05, 0.1) is 11.6 Å². The van der Waals surface area contributed by atoms with E-state index in [4.69, 9.17) is 17.3 Å². The number of ether oxygens (including phenoxy) is 1. The second-order valence-electron chi connectivity index (χ2n) is 3.35. The van der Waals surface area contributed by atoms with Crippen molar-refractivity contribution < 1.29 is 22.3 Å². The molecule has 3 nitrogen and oxygen atoms in total. The highest BCUT2D eigenvalue weighted by Gasteiger charge is 2.32. The van der Waals surface area contributed by atoms with Crippen LogP contribution in [0, 0.1) is 12.7 Å². The van der Waals surface area contributed by atoms with E-state index in [1.54, 1.807) is 0 Å². The fourth-order valence-corrected chi connectivity index (χ4v) is 1.21. The second-order valence-corrected chi connectivity index (χ2v) is 3.62. The first-order chi connectivity index (χ1) is 8.23. The molecule has 0 aliphatic heterocycles. The van der Waals surface area contributed by atoms with Crippen molar-refractivity contribution in [2.45, 2.75) is 13.3 Å². The van der Waals surface area contributed by atoms with Crippen molar-refractivity contribution in [1.82, 2.24) is 0 Å². The number of nitrogens with two attached hydrogens (primary N) is 1. The van der Waals surface area contributed by atoms with Gasteiger partial charge in [0.1, 0.15) is 5.84 Å². The number of amidine groups is 1. The number of benzene rings is 1. The SMILES string of the molecule is Cc1cc(OC(F)(F)F)c(F)cc1N=C(N)CCl. The number of aliphatic imine (C=N–C) groups is 1. The van der Waals surface area contributed by atoms with Crippen molar-refractivity contribution in [3.63, 3.8) is 0 Å². The molecule has 1 aromatic carbocycles. The second kappa shape index (κ2) is 5.43.